The zero-order valence-electron chi connectivity index (χ0n) is 9.29. The van der Waals surface area contributed by atoms with Crippen molar-refractivity contribution in [3.8, 4) is 0 Å². The van der Waals surface area contributed by atoms with Crippen molar-refractivity contribution in [2.75, 3.05) is 11.9 Å². The number of hydrogen-bond donors (Lipinski definition) is 2. The van der Waals surface area contributed by atoms with Gasteiger partial charge in [-0.3, -0.25) is 4.79 Å². The average Bonchev–Trinajstić information content (AvgIpc) is 2.20. The van der Waals surface area contributed by atoms with E-state index in [9.17, 15) is 4.79 Å². The van der Waals surface area contributed by atoms with Crippen molar-refractivity contribution in [3.63, 3.8) is 0 Å². The maximum atomic E-state index is 10.3. The fourth-order valence-corrected chi connectivity index (χ4v) is 1.68. The second-order valence-corrected chi connectivity index (χ2v) is 4.17. The summed E-state index contributed by atoms with van der Waals surface area (Å²) in [5, 5.41) is 12.5. The lowest BCUT2D eigenvalue weighted by Crippen LogP contribution is -2.04. The van der Waals surface area contributed by atoms with Gasteiger partial charge < -0.3 is 10.4 Å². The average molecular weight is 242 g/mol. The SMILES string of the molecule is Cc1cc(Cl)ccc1NCCCCC(=O)O. The highest BCUT2D eigenvalue weighted by Gasteiger charge is 1.99. The number of carboxylic acid groups (broad SMARTS) is 1. The second-order valence-electron chi connectivity index (χ2n) is 3.74. The van der Waals surface area contributed by atoms with Crippen molar-refractivity contribution < 1.29 is 9.90 Å². The molecule has 0 heterocycles. The lowest BCUT2D eigenvalue weighted by Gasteiger charge is -2.09. The zero-order valence-corrected chi connectivity index (χ0v) is 10.0. The first kappa shape index (κ1) is 12.8. The molecule has 0 atom stereocenters. The van der Waals surface area contributed by atoms with Crippen molar-refractivity contribution in [2.24, 2.45) is 0 Å². The van der Waals surface area contributed by atoms with E-state index in [4.69, 9.17) is 16.7 Å². The predicted octanol–water partition coefficient (Wildman–Crippen LogP) is 3.32. The van der Waals surface area contributed by atoms with Gasteiger partial charge in [-0.25, -0.2) is 0 Å². The van der Waals surface area contributed by atoms with Crippen LogP contribution in [0, 0.1) is 6.92 Å². The second kappa shape index (κ2) is 6.38. The number of hydrogen-bond acceptors (Lipinski definition) is 2. The number of halogens is 1. The number of rotatable bonds is 6. The van der Waals surface area contributed by atoms with Crippen LogP contribution in [-0.4, -0.2) is 17.6 Å². The van der Waals surface area contributed by atoms with E-state index in [1.165, 1.54) is 0 Å². The maximum absolute atomic E-state index is 10.3. The molecule has 88 valence electrons. The Morgan fingerprint density at radius 3 is 2.81 bits per heavy atom. The monoisotopic (exact) mass is 241 g/mol. The third kappa shape index (κ3) is 4.53. The summed E-state index contributed by atoms with van der Waals surface area (Å²) < 4.78 is 0. The predicted molar refractivity (Wildman–Crippen MR) is 66.2 cm³/mol. The molecule has 0 amide bonds. The Morgan fingerprint density at radius 2 is 2.19 bits per heavy atom. The molecule has 0 fully saturated rings. The number of benzene rings is 1. The lowest BCUT2D eigenvalue weighted by atomic mass is 10.2. The largest absolute Gasteiger partial charge is 0.481 e. The lowest BCUT2D eigenvalue weighted by molar-refractivity contribution is -0.137. The topological polar surface area (TPSA) is 49.3 Å². The number of aliphatic carboxylic acids is 1. The highest BCUT2D eigenvalue weighted by Crippen LogP contribution is 2.19. The van der Waals surface area contributed by atoms with Crippen molar-refractivity contribution in [1.82, 2.24) is 0 Å². The van der Waals surface area contributed by atoms with Gasteiger partial charge in [-0.1, -0.05) is 11.6 Å². The van der Waals surface area contributed by atoms with Crippen LogP contribution >= 0.6 is 11.6 Å². The first-order chi connectivity index (χ1) is 7.59. The Bertz CT molecular complexity index is 366. The van der Waals surface area contributed by atoms with Crippen LogP contribution < -0.4 is 5.32 Å². The molecule has 16 heavy (non-hydrogen) atoms. The van der Waals surface area contributed by atoms with Gasteiger partial charge in [0.2, 0.25) is 0 Å². The highest BCUT2D eigenvalue weighted by molar-refractivity contribution is 6.30. The number of unbranched alkanes of at least 4 members (excludes halogenated alkanes) is 1. The molecule has 0 aliphatic rings. The van der Waals surface area contributed by atoms with Gasteiger partial charge in [0, 0.05) is 23.7 Å². The van der Waals surface area contributed by atoms with Gasteiger partial charge in [-0.15, -0.1) is 0 Å². The van der Waals surface area contributed by atoms with E-state index in [2.05, 4.69) is 5.32 Å². The van der Waals surface area contributed by atoms with Crippen LogP contribution in [0.2, 0.25) is 5.02 Å². The molecule has 0 saturated carbocycles. The van der Waals surface area contributed by atoms with Crippen LogP contribution in [0.25, 0.3) is 0 Å². The molecule has 2 N–H and O–H groups in total. The summed E-state index contributed by atoms with van der Waals surface area (Å²) in [4.78, 5) is 10.3. The van der Waals surface area contributed by atoms with Gasteiger partial charge in [0.1, 0.15) is 0 Å². The molecule has 0 aromatic heterocycles. The molecule has 0 radical (unpaired) electrons. The van der Waals surface area contributed by atoms with Gasteiger partial charge in [-0.05, 0) is 43.5 Å². The molecule has 1 aromatic rings. The molecule has 0 saturated heterocycles. The summed E-state index contributed by atoms with van der Waals surface area (Å²) in [5.41, 5.74) is 2.16. The molecular formula is C12H16ClNO2. The van der Waals surface area contributed by atoms with Gasteiger partial charge in [0.25, 0.3) is 0 Å². The Kier molecular flexibility index (Phi) is 5.12. The third-order valence-electron chi connectivity index (χ3n) is 2.32. The summed E-state index contributed by atoms with van der Waals surface area (Å²) in [6, 6.07) is 5.68. The van der Waals surface area contributed by atoms with Crippen molar-refractivity contribution in [2.45, 2.75) is 26.2 Å². The minimum atomic E-state index is -0.734. The molecule has 0 aliphatic carbocycles. The van der Waals surface area contributed by atoms with Gasteiger partial charge in [-0.2, -0.15) is 0 Å². The number of carboxylic acids is 1. The number of nitrogens with one attached hydrogen (secondary N) is 1. The fraction of sp³-hybridized carbons (Fsp3) is 0.417. The van der Waals surface area contributed by atoms with E-state index in [0.29, 0.717) is 6.42 Å². The summed E-state index contributed by atoms with van der Waals surface area (Å²) in [5.74, 6) is -0.734. The van der Waals surface area contributed by atoms with Crippen LogP contribution in [-0.2, 0) is 4.79 Å². The van der Waals surface area contributed by atoms with Crippen molar-refractivity contribution >= 4 is 23.3 Å². The molecule has 1 rings (SSSR count). The van der Waals surface area contributed by atoms with Gasteiger partial charge in [0.05, 0.1) is 0 Å². The summed E-state index contributed by atoms with van der Waals surface area (Å²) in [6.07, 6.45) is 1.80. The number of anilines is 1. The van der Waals surface area contributed by atoms with E-state index in [1.807, 2.05) is 25.1 Å². The Balaban J connectivity index is 2.29. The third-order valence-corrected chi connectivity index (χ3v) is 2.56. The number of aryl methyl sites for hydroxylation is 1. The van der Waals surface area contributed by atoms with Gasteiger partial charge >= 0.3 is 5.97 Å². The maximum Gasteiger partial charge on any atom is 0.303 e. The molecule has 3 nitrogen and oxygen atoms in total. The van der Waals surface area contributed by atoms with Crippen LogP contribution in [0.5, 0.6) is 0 Å². The van der Waals surface area contributed by atoms with Crippen molar-refractivity contribution in [1.29, 1.82) is 0 Å². The first-order valence-corrected chi connectivity index (χ1v) is 5.69. The minimum absolute atomic E-state index is 0.237. The molecule has 1 aromatic carbocycles. The molecular weight excluding hydrogens is 226 g/mol. The highest BCUT2D eigenvalue weighted by atomic mass is 35.5. The van der Waals surface area contributed by atoms with E-state index < -0.39 is 5.97 Å². The smallest absolute Gasteiger partial charge is 0.303 e. The standard InChI is InChI=1S/C12H16ClNO2/c1-9-8-10(13)5-6-11(9)14-7-3-2-4-12(15)16/h5-6,8,14H,2-4,7H2,1H3,(H,15,16). The van der Waals surface area contributed by atoms with E-state index in [0.717, 1.165) is 29.2 Å². The zero-order chi connectivity index (χ0) is 12.0. The number of carbonyl (C=O) groups is 1. The van der Waals surface area contributed by atoms with Gasteiger partial charge in [0.15, 0.2) is 0 Å². The summed E-state index contributed by atoms with van der Waals surface area (Å²) in [6.45, 7) is 2.78. The fourth-order valence-electron chi connectivity index (χ4n) is 1.45. The van der Waals surface area contributed by atoms with E-state index in [1.54, 1.807) is 0 Å². The van der Waals surface area contributed by atoms with E-state index >= 15 is 0 Å². The van der Waals surface area contributed by atoms with Crippen LogP contribution in [0.1, 0.15) is 24.8 Å². The molecule has 0 bridgehead atoms. The normalized spacial score (nSPS) is 10.1. The summed E-state index contributed by atoms with van der Waals surface area (Å²) in [7, 11) is 0. The Morgan fingerprint density at radius 1 is 1.44 bits per heavy atom. The molecule has 0 aliphatic heterocycles. The first-order valence-electron chi connectivity index (χ1n) is 5.31. The quantitative estimate of drug-likeness (QED) is 0.752. The summed E-state index contributed by atoms with van der Waals surface area (Å²) >= 11 is 5.84. The minimum Gasteiger partial charge on any atom is -0.481 e. The van der Waals surface area contributed by atoms with Crippen LogP contribution in [0.4, 0.5) is 5.69 Å². The molecule has 4 heteroatoms. The van der Waals surface area contributed by atoms with Crippen LogP contribution in [0.3, 0.4) is 0 Å². The van der Waals surface area contributed by atoms with E-state index in [-0.39, 0.29) is 6.42 Å². The molecule has 0 unspecified atom stereocenters. The van der Waals surface area contributed by atoms with Crippen LogP contribution in [0.15, 0.2) is 18.2 Å². The Hall–Kier alpha value is -1.22. The molecule has 0 spiro atoms. The Labute approximate surface area is 100 Å². The van der Waals surface area contributed by atoms with Crippen molar-refractivity contribution in [3.05, 3.63) is 28.8 Å².